The van der Waals surface area contributed by atoms with Crippen molar-refractivity contribution in [2.45, 2.75) is 44.6 Å². The fourth-order valence-corrected chi connectivity index (χ4v) is 2.70. The fraction of sp³-hybridized carbons (Fsp3) is 0.533. The van der Waals surface area contributed by atoms with Crippen molar-refractivity contribution in [2.24, 2.45) is 0 Å². The third-order valence-electron chi connectivity index (χ3n) is 3.77. The molecular formula is C15H20N2O3. The molecule has 1 aliphatic rings. The maximum absolute atomic E-state index is 12.0. The van der Waals surface area contributed by atoms with Crippen molar-refractivity contribution in [2.75, 3.05) is 6.54 Å². The standard InChI is InChI=1S/C15H20N2O3/c18-14(5-6-15(19)20)17-11-1-2-13(17)4-3-12-7-9-16-10-8-12/h7-10,13H,1-6,11H2,(H,19,20)/t13-/m0/s1. The van der Waals surface area contributed by atoms with E-state index in [4.69, 9.17) is 5.11 Å². The maximum Gasteiger partial charge on any atom is 0.303 e. The van der Waals surface area contributed by atoms with E-state index in [0.717, 1.165) is 32.2 Å². The number of pyridine rings is 1. The van der Waals surface area contributed by atoms with Gasteiger partial charge in [-0.3, -0.25) is 14.6 Å². The molecule has 0 radical (unpaired) electrons. The van der Waals surface area contributed by atoms with Gasteiger partial charge >= 0.3 is 5.97 Å². The van der Waals surface area contributed by atoms with Crippen molar-refractivity contribution in [1.82, 2.24) is 9.88 Å². The molecule has 5 nitrogen and oxygen atoms in total. The van der Waals surface area contributed by atoms with Crippen LogP contribution in [0.3, 0.4) is 0 Å². The van der Waals surface area contributed by atoms with Gasteiger partial charge in [-0.2, -0.15) is 0 Å². The summed E-state index contributed by atoms with van der Waals surface area (Å²) in [5.41, 5.74) is 1.23. The second-order valence-electron chi connectivity index (χ2n) is 5.17. The van der Waals surface area contributed by atoms with Crippen molar-refractivity contribution >= 4 is 11.9 Å². The molecule has 2 rings (SSSR count). The average molecular weight is 276 g/mol. The van der Waals surface area contributed by atoms with E-state index >= 15 is 0 Å². The normalized spacial score (nSPS) is 18.2. The van der Waals surface area contributed by atoms with Crippen LogP contribution in [0.2, 0.25) is 0 Å². The van der Waals surface area contributed by atoms with Gasteiger partial charge in [-0.15, -0.1) is 0 Å². The minimum atomic E-state index is -0.911. The Morgan fingerprint density at radius 2 is 2.05 bits per heavy atom. The van der Waals surface area contributed by atoms with Crippen LogP contribution >= 0.6 is 0 Å². The van der Waals surface area contributed by atoms with Gasteiger partial charge in [0.2, 0.25) is 5.91 Å². The Hall–Kier alpha value is -1.91. The Morgan fingerprint density at radius 3 is 2.75 bits per heavy atom. The van der Waals surface area contributed by atoms with Crippen LogP contribution in [0.5, 0.6) is 0 Å². The van der Waals surface area contributed by atoms with Crippen molar-refractivity contribution in [3.05, 3.63) is 30.1 Å². The molecule has 0 spiro atoms. The number of rotatable bonds is 6. The van der Waals surface area contributed by atoms with Crippen molar-refractivity contribution in [1.29, 1.82) is 0 Å². The maximum atomic E-state index is 12.0. The second kappa shape index (κ2) is 7.03. The van der Waals surface area contributed by atoms with Crippen molar-refractivity contribution in [3.63, 3.8) is 0 Å². The first-order valence-corrected chi connectivity index (χ1v) is 7.07. The summed E-state index contributed by atoms with van der Waals surface area (Å²) < 4.78 is 0. The van der Waals surface area contributed by atoms with Gasteiger partial charge in [0.15, 0.2) is 0 Å². The molecular weight excluding hydrogens is 256 g/mol. The van der Waals surface area contributed by atoms with E-state index in [1.54, 1.807) is 12.4 Å². The van der Waals surface area contributed by atoms with Gasteiger partial charge in [0.25, 0.3) is 0 Å². The lowest BCUT2D eigenvalue weighted by Crippen LogP contribution is -2.35. The molecule has 0 unspecified atom stereocenters. The summed E-state index contributed by atoms with van der Waals surface area (Å²) in [6.07, 6.45) is 7.48. The topological polar surface area (TPSA) is 70.5 Å². The van der Waals surface area contributed by atoms with E-state index < -0.39 is 5.97 Å². The summed E-state index contributed by atoms with van der Waals surface area (Å²) in [4.78, 5) is 28.4. The largest absolute Gasteiger partial charge is 0.481 e. The molecule has 0 saturated carbocycles. The number of carboxylic acid groups (broad SMARTS) is 1. The molecule has 1 saturated heterocycles. The van der Waals surface area contributed by atoms with Crippen LogP contribution in [0.15, 0.2) is 24.5 Å². The van der Waals surface area contributed by atoms with Crippen molar-refractivity contribution < 1.29 is 14.7 Å². The Bertz CT molecular complexity index is 461. The number of carboxylic acids is 1. The highest BCUT2D eigenvalue weighted by Gasteiger charge is 2.28. The minimum absolute atomic E-state index is 0.0235. The lowest BCUT2D eigenvalue weighted by Gasteiger charge is -2.24. The van der Waals surface area contributed by atoms with Crippen LogP contribution in [-0.4, -0.2) is 39.5 Å². The van der Waals surface area contributed by atoms with Crippen LogP contribution in [0.25, 0.3) is 0 Å². The van der Waals surface area contributed by atoms with Gasteiger partial charge in [-0.1, -0.05) is 0 Å². The number of carbonyl (C=O) groups excluding carboxylic acids is 1. The minimum Gasteiger partial charge on any atom is -0.481 e. The predicted molar refractivity (Wildman–Crippen MR) is 74.2 cm³/mol. The third kappa shape index (κ3) is 4.05. The zero-order valence-corrected chi connectivity index (χ0v) is 11.5. The monoisotopic (exact) mass is 276 g/mol. The molecule has 1 aromatic heterocycles. The van der Waals surface area contributed by atoms with E-state index in [1.807, 2.05) is 17.0 Å². The van der Waals surface area contributed by atoms with Crippen LogP contribution < -0.4 is 0 Å². The van der Waals surface area contributed by atoms with Gasteiger partial charge in [0, 0.05) is 31.4 Å². The Kier molecular flexibility index (Phi) is 5.09. The van der Waals surface area contributed by atoms with E-state index in [1.165, 1.54) is 5.56 Å². The first kappa shape index (κ1) is 14.5. The summed E-state index contributed by atoms with van der Waals surface area (Å²) in [5.74, 6) is -0.935. The highest BCUT2D eigenvalue weighted by molar-refractivity contribution is 5.81. The molecule has 20 heavy (non-hydrogen) atoms. The van der Waals surface area contributed by atoms with Gasteiger partial charge in [-0.25, -0.2) is 0 Å². The molecule has 108 valence electrons. The Labute approximate surface area is 118 Å². The molecule has 1 amide bonds. The number of amides is 1. The number of aryl methyl sites for hydroxylation is 1. The fourth-order valence-electron chi connectivity index (χ4n) is 2.70. The summed E-state index contributed by atoms with van der Waals surface area (Å²) >= 11 is 0. The molecule has 1 atom stereocenters. The summed E-state index contributed by atoms with van der Waals surface area (Å²) in [6.45, 7) is 0.763. The molecule has 1 fully saturated rings. The van der Waals surface area contributed by atoms with Gasteiger partial charge < -0.3 is 10.0 Å². The van der Waals surface area contributed by atoms with E-state index in [9.17, 15) is 9.59 Å². The number of aliphatic carboxylic acids is 1. The zero-order chi connectivity index (χ0) is 14.4. The van der Waals surface area contributed by atoms with Crippen molar-refractivity contribution in [3.8, 4) is 0 Å². The zero-order valence-electron chi connectivity index (χ0n) is 11.5. The highest BCUT2D eigenvalue weighted by Crippen LogP contribution is 2.22. The number of hydrogen-bond donors (Lipinski definition) is 1. The summed E-state index contributed by atoms with van der Waals surface area (Å²) in [5, 5.41) is 8.65. The quantitative estimate of drug-likeness (QED) is 0.861. The molecule has 1 aliphatic heterocycles. The first-order valence-electron chi connectivity index (χ1n) is 7.07. The van der Waals surface area contributed by atoms with Crippen LogP contribution in [-0.2, 0) is 16.0 Å². The number of carbonyl (C=O) groups is 2. The lowest BCUT2D eigenvalue weighted by molar-refractivity contribution is -0.141. The van der Waals surface area contributed by atoms with E-state index in [2.05, 4.69) is 4.98 Å². The molecule has 1 N–H and O–H groups in total. The van der Waals surface area contributed by atoms with Gasteiger partial charge in [0.1, 0.15) is 0 Å². The number of likely N-dealkylation sites (tertiary alicyclic amines) is 1. The third-order valence-corrected chi connectivity index (χ3v) is 3.77. The van der Waals surface area contributed by atoms with Crippen LogP contribution in [0.1, 0.15) is 37.7 Å². The van der Waals surface area contributed by atoms with Gasteiger partial charge in [-0.05, 0) is 43.4 Å². The van der Waals surface area contributed by atoms with Crippen LogP contribution in [0.4, 0.5) is 0 Å². The van der Waals surface area contributed by atoms with E-state index in [-0.39, 0.29) is 24.8 Å². The number of hydrogen-bond acceptors (Lipinski definition) is 3. The Balaban J connectivity index is 1.84. The van der Waals surface area contributed by atoms with E-state index in [0.29, 0.717) is 0 Å². The smallest absolute Gasteiger partial charge is 0.303 e. The second-order valence-corrected chi connectivity index (χ2v) is 5.17. The summed E-state index contributed by atoms with van der Waals surface area (Å²) in [7, 11) is 0. The highest BCUT2D eigenvalue weighted by atomic mass is 16.4. The van der Waals surface area contributed by atoms with Crippen LogP contribution in [0, 0.1) is 0 Å². The first-order chi connectivity index (χ1) is 9.66. The average Bonchev–Trinajstić information content (AvgIpc) is 2.92. The number of nitrogens with zero attached hydrogens (tertiary/aromatic N) is 2. The molecule has 2 heterocycles. The number of aromatic nitrogens is 1. The SMILES string of the molecule is O=C(O)CCC(=O)N1CCC[C@H]1CCc1ccncc1. The Morgan fingerprint density at radius 1 is 1.30 bits per heavy atom. The summed E-state index contributed by atoms with van der Waals surface area (Å²) in [6, 6.07) is 4.24. The molecule has 0 aromatic carbocycles. The molecule has 0 aliphatic carbocycles. The molecule has 5 heteroatoms. The molecule has 0 bridgehead atoms. The van der Waals surface area contributed by atoms with Gasteiger partial charge in [0.05, 0.1) is 6.42 Å². The molecule has 1 aromatic rings. The lowest BCUT2D eigenvalue weighted by atomic mass is 10.0. The predicted octanol–water partition coefficient (Wildman–Crippen LogP) is 1.87.